The van der Waals surface area contributed by atoms with Gasteiger partial charge in [-0.25, -0.2) is 13.6 Å². The van der Waals surface area contributed by atoms with E-state index in [0.29, 0.717) is 19.1 Å². The Morgan fingerprint density at radius 3 is 2.36 bits per heavy atom. The van der Waals surface area contributed by atoms with E-state index in [-0.39, 0.29) is 17.4 Å². The summed E-state index contributed by atoms with van der Waals surface area (Å²) >= 11 is 0. The van der Waals surface area contributed by atoms with Crippen LogP contribution in [0.5, 0.6) is 0 Å². The third-order valence-corrected chi connectivity index (χ3v) is 6.24. The molecule has 8 heteroatoms. The average Bonchev–Trinajstić information content (AvgIpc) is 2.97. The fourth-order valence-electron chi connectivity index (χ4n) is 4.88. The van der Waals surface area contributed by atoms with Gasteiger partial charge in [-0.1, -0.05) is 0 Å². The highest BCUT2D eigenvalue weighted by Gasteiger charge is 2.51. The van der Waals surface area contributed by atoms with Crippen LogP contribution in [0.3, 0.4) is 0 Å². The number of hydrogen-bond donors (Lipinski definition) is 1. The molecule has 1 saturated carbocycles. The van der Waals surface area contributed by atoms with Crippen LogP contribution >= 0.6 is 0 Å². The molecule has 2 saturated heterocycles. The molecule has 6 nitrogen and oxygen atoms in total. The fraction of sp³-hybridized carbons (Fsp3) is 0.882. The van der Waals surface area contributed by atoms with Gasteiger partial charge in [0.05, 0.1) is 6.54 Å². The number of piperidine rings is 1. The van der Waals surface area contributed by atoms with Gasteiger partial charge in [-0.05, 0) is 37.5 Å². The molecule has 25 heavy (non-hydrogen) atoms. The van der Waals surface area contributed by atoms with Crippen molar-refractivity contribution in [3.05, 3.63) is 0 Å². The molecule has 0 aromatic carbocycles. The Morgan fingerprint density at radius 1 is 1.24 bits per heavy atom. The second-order valence-corrected chi connectivity index (χ2v) is 7.85. The predicted molar refractivity (Wildman–Crippen MR) is 87.7 cm³/mol. The summed E-state index contributed by atoms with van der Waals surface area (Å²) in [6, 6.07) is 0.376. The molecular weight excluding hydrogens is 332 g/mol. The molecule has 2 heterocycles. The number of amides is 2. The van der Waals surface area contributed by atoms with Crippen LogP contribution in [0, 0.1) is 5.41 Å². The second-order valence-electron chi connectivity index (χ2n) is 7.85. The molecule has 1 spiro atoms. The maximum Gasteiger partial charge on any atom is 0.407 e. The Balaban J connectivity index is 1.46. The molecular formula is C17H27F2N3O3. The highest BCUT2D eigenvalue weighted by molar-refractivity contribution is 5.73. The lowest BCUT2D eigenvalue weighted by Gasteiger charge is -2.52. The largest absolute Gasteiger partial charge is 0.465 e. The lowest BCUT2D eigenvalue weighted by atomic mass is 9.64. The number of halogens is 2. The van der Waals surface area contributed by atoms with Crippen LogP contribution in [0.25, 0.3) is 0 Å². The summed E-state index contributed by atoms with van der Waals surface area (Å²) in [5.41, 5.74) is 0.154. The van der Waals surface area contributed by atoms with E-state index in [0.717, 1.165) is 45.2 Å². The number of carboxylic acid groups (broad SMARTS) is 1. The van der Waals surface area contributed by atoms with Gasteiger partial charge in [-0.15, -0.1) is 0 Å². The number of hydrogen-bond acceptors (Lipinski definition) is 3. The van der Waals surface area contributed by atoms with E-state index >= 15 is 0 Å². The van der Waals surface area contributed by atoms with E-state index in [9.17, 15) is 18.4 Å². The lowest BCUT2D eigenvalue weighted by molar-refractivity contribution is -0.135. The number of likely N-dealkylation sites (tertiary alicyclic amines) is 2. The van der Waals surface area contributed by atoms with E-state index in [2.05, 4.69) is 4.90 Å². The van der Waals surface area contributed by atoms with Gasteiger partial charge in [0.2, 0.25) is 5.91 Å². The van der Waals surface area contributed by atoms with Crippen LogP contribution in [0.15, 0.2) is 0 Å². The zero-order chi connectivity index (χ0) is 18.2. The Labute approximate surface area is 146 Å². The molecule has 142 valence electrons. The van der Waals surface area contributed by atoms with Crippen molar-refractivity contribution in [1.82, 2.24) is 14.7 Å². The highest BCUT2D eigenvalue weighted by atomic mass is 19.3. The Bertz CT molecular complexity index is 517. The van der Waals surface area contributed by atoms with Gasteiger partial charge in [0.15, 0.2) is 0 Å². The Morgan fingerprint density at radius 2 is 1.88 bits per heavy atom. The Kier molecular flexibility index (Phi) is 5.18. The summed E-state index contributed by atoms with van der Waals surface area (Å²) in [7, 11) is 0. The van der Waals surface area contributed by atoms with Gasteiger partial charge in [-0.2, -0.15) is 0 Å². The molecule has 3 rings (SSSR count). The third-order valence-electron chi connectivity index (χ3n) is 6.24. The SMILES string of the molecule is CC(=O)N(CC(F)F)C1CCN(C2CC3(CCN(C(=O)O)C3)C2)CC1. The van der Waals surface area contributed by atoms with Crippen molar-refractivity contribution in [2.75, 3.05) is 32.7 Å². The van der Waals surface area contributed by atoms with Crippen molar-refractivity contribution < 1.29 is 23.5 Å². The normalized spacial score (nSPS) is 30.7. The van der Waals surface area contributed by atoms with Gasteiger partial charge >= 0.3 is 6.09 Å². The van der Waals surface area contributed by atoms with Crippen LogP contribution in [0.1, 0.15) is 39.0 Å². The summed E-state index contributed by atoms with van der Waals surface area (Å²) in [6.45, 7) is 3.80. The number of carbonyl (C=O) groups excluding carboxylic acids is 1. The minimum Gasteiger partial charge on any atom is -0.465 e. The zero-order valence-corrected chi connectivity index (χ0v) is 14.7. The van der Waals surface area contributed by atoms with Crippen LogP contribution in [0.4, 0.5) is 13.6 Å². The predicted octanol–water partition coefficient (Wildman–Crippen LogP) is 2.10. The second kappa shape index (κ2) is 7.05. The molecule has 0 aromatic heterocycles. The topological polar surface area (TPSA) is 64.1 Å². The summed E-state index contributed by atoms with van der Waals surface area (Å²) in [5, 5.41) is 9.10. The van der Waals surface area contributed by atoms with Crippen LogP contribution in [0.2, 0.25) is 0 Å². The molecule has 1 aliphatic carbocycles. The molecule has 1 N–H and O–H groups in total. The quantitative estimate of drug-likeness (QED) is 0.835. The smallest absolute Gasteiger partial charge is 0.407 e. The van der Waals surface area contributed by atoms with Gasteiger partial charge in [0, 0.05) is 45.2 Å². The monoisotopic (exact) mass is 359 g/mol. The average molecular weight is 359 g/mol. The van der Waals surface area contributed by atoms with Crippen molar-refractivity contribution in [1.29, 1.82) is 0 Å². The van der Waals surface area contributed by atoms with Crippen molar-refractivity contribution in [2.24, 2.45) is 5.41 Å². The zero-order valence-electron chi connectivity index (χ0n) is 14.7. The molecule has 0 aromatic rings. The maximum atomic E-state index is 12.7. The van der Waals surface area contributed by atoms with E-state index in [1.165, 1.54) is 16.7 Å². The first-order valence-electron chi connectivity index (χ1n) is 9.07. The van der Waals surface area contributed by atoms with E-state index in [4.69, 9.17) is 5.11 Å². The lowest BCUT2D eigenvalue weighted by Crippen LogP contribution is -2.56. The summed E-state index contributed by atoms with van der Waals surface area (Å²) in [6.07, 6.45) is 1.13. The van der Waals surface area contributed by atoms with Crippen molar-refractivity contribution >= 4 is 12.0 Å². The first kappa shape index (κ1) is 18.4. The van der Waals surface area contributed by atoms with Crippen molar-refractivity contribution in [3.63, 3.8) is 0 Å². The van der Waals surface area contributed by atoms with Crippen LogP contribution < -0.4 is 0 Å². The van der Waals surface area contributed by atoms with E-state index in [1.54, 1.807) is 0 Å². The van der Waals surface area contributed by atoms with Crippen molar-refractivity contribution in [3.8, 4) is 0 Å². The maximum absolute atomic E-state index is 12.7. The minimum atomic E-state index is -2.49. The summed E-state index contributed by atoms with van der Waals surface area (Å²) in [5.74, 6) is -0.277. The molecule has 2 aliphatic heterocycles. The van der Waals surface area contributed by atoms with Crippen LogP contribution in [-0.2, 0) is 4.79 Å². The number of alkyl halides is 2. The molecule has 0 radical (unpaired) electrons. The number of rotatable bonds is 4. The first-order valence-corrected chi connectivity index (χ1v) is 9.07. The molecule has 0 bridgehead atoms. The highest BCUT2D eigenvalue weighted by Crippen LogP contribution is 2.50. The standard InChI is InChI=1S/C17H27F2N3O3/c1-12(23)22(10-15(18)19)13-2-5-20(6-3-13)14-8-17(9-14)4-7-21(11-17)16(24)25/h13-15H,2-11H2,1H3,(H,24,25). The number of nitrogens with zero attached hydrogens (tertiary/aromatic N) is 3. The molecule has 0 unspecified atom stereocenters. The number of carbonyl (C=O) groups is 2. The third kappa shape index (κ3) is 3.88. The molecule has 3 fully saturated rings. The van der Waals surface area contributed by atoms with Gasteiger partial charge in [0.25, 0.3) is 6.43 Å². The first-order chi connectivity index (χ1) is 11.8. The Hall–Kier alpha value is -1.44. The molecule has 0 atom stereocenters. The van der Waals surface area contributed by atoms with Crippen molar-refractivity contribution in [2.45, 2.75) is 57.5 Å². The fourth-order valence-corrected chi connectivity index (χ4v) is 4.88. The van der Waals surface area contributed by atoms with Gasteiger partial charge in [0.1, 0.15) is 0 Å². The van der Waals surface area contributed by atoms with Gasteiger partial charge in [-0.3, -0.25) is 4.79 Å². The van der Waals surface area contributed by atoms with Gasteiger partial charge < -0.3 is 19.8 Å². The summed E-state index contributed by atoms with van der Waals surface area (Å²) in [4.78, 5) is 27.9. The molecule has 2 amide bonds. The molecule has 3 aliphatic rings. The minimum absolute atomic E-state index is 0.0919. The van der Waals surface area contributed by atoms with E-state index in [1.807, 2.05) is 0 Å². The summed E-state index contributed by atoms with van der Waals surface area (Å²) < 4.78 is 25.4. The van der Waals surface area contributed by atoms with E-state index < -0.39 is 19.1 Å². The van der Waals surface area contributed by atoms with Crippen LogP contribution in [-0.4, -0.2) is 83.0 Å².